The summed E-state index contributed by atoms with van der Waals surface area (Å²) in [7, 11) is 0. The average molecular weight is 754 g/mol. The maximum Gasteiger partial charge on any atom is 0.117 e. The summed E-state index contributed by atoms with van der Waals surface area (Å²) in [4.78, 5) is 5.50. The van der Waals surface area contributed by atoms with Crippen molar-refractivity contribution in [2.24, 2.45) is 10.6 Å². The van der Waals surface area contributed by atoms with Gasteiger partial charge in [0.1, 0.15) is 6.61 Å². The van der Waals surface area contributed by atoms with Crippen LogP contribution in [0.1, 0.15) is 45.6 Å². The molecule has 11 heteroatoms. The highest BCUT2D eigenvalue weighted by Crippen LogP contribution is 2.34. The van der Waals surface area contributed by atoms with Crippen LogP contribution in [0, 0.1) is 5.41 Å². The van der Waals surface area contributed by atoms with Gasteiger partial charge in [-0.2, -0.15) is 0 Å². The molecule has 0 saturated heterocycles. The van der Waals surface area contributed by atoms with E-state index in [0.717, 1.165) is 31.4 Å². The molecule has 0 saturated carbocycles. The Kier molecular flexibility index (Phi) is 21.7. The van der Waals surface area contributed by atoms with E-state index in [0.29, 0.717) is 124 Å². The van der Waals surface area contributed by atoms with Gasteiger partial charge in [0, 0.05) is 13.2 Å². The van der Waals surface area contributed by atoms with Crippen LogP contribution in [0.5, 0.6) is 0 Å². The maximum atomic E-state index is 5.65. The Labute approximate surface area is 321 Å². The zero-order chi connectivity index (χ0) is 37.9. The van der Waals surface area contributed by atoms with Gasteiger partial charge in [0.15, 0.2) is 0 Å². The van der Waals surface area contributed by atoms with Crippen LogP contribution >= 0.6 is 0 Å². The predicted molar refractivity (Wildman–Crippen MR) is 214 cm³/mol. The summed E-state index contributed by atoms with van der Waals surface area (Å²) in [6, 6.07) is 19.5. The predicted octanol–water partition coefficient (Wildman–Crippen LogP) is 7.30. The number of rotatable bonds is 33. The van der Waals surface area contributed by atoms with Crippen molar-refractivity contribution in [3.63, 3.8) is 0 Å². The van der Waals surface area contributed by atoms with E-state index in [1.54, 1.807) is 6.21 Å². The summed E-state index contributed by atoms with van der Waals surface area (Å²) in [6.07, 6.45) is 4.61. The highest BCUT2D eigenvalue weighted by atomic mass is 16.6. The number of unbranched alkanes of at least 4 members (excludes halogenated alkanes) is 1. The van der Waals surface area contributed by atoms with Gasteiger partial charge in [-0.15, -0.1) is 0 Å². The van der Waals surface area contributed by atoms with Gasteiger partial charge in [-0.25, -0.2) is 0 Å². The van der Waals surface area contributed by atoms with Gasteiger partial charge in [0.05, 0.1) is 112 Å². The zero-order valence-corrected chi connectivity index (χ0v) is 32.9. The minimum atomic E-state index is 0.303. The summed E-state index contributed by atoms with van der Waals surface area (Å²) in [5.41, 5.74) is 1.33. The summed E-state index contributed by atoms with van der Waals surface area (Å²) in [6.45, 7) is 17.3. The standard InChI is InChI=1S/C43H63NO10/c1-43(2,3)13-16-46-18-20-48-22-24-50-26-28-52-30-32-53-31-29-51-27-25-49-23-21-47-19-17-45-14-4-5-15-54-44-35-36-33-39-11-9-37-7-6-8-38-10-12-40(34-36)42(39)41(37)38/h6-12,33-35H,4-5,13-32H2,1-3H3/b44-35+. The molecule has 0 aliphatic carbocycles. The van der Waals surface area contributed by atoms with Gasteiger partial charge in [0.2, 0.25) is 0 Å². The lowest BCUT2D eigenvalue weighted by molar-refractivity contribution is -0.0254. The van der Waals surface area contributed by atoms with E-state index in [-0.39, 0.29) is 0 Å². The van der Waals surface area contributed by atoms with Gasteiger partial charge < -0.3 is 47.5 Å². The summed E-state index contributed by atoms with van der Waals surface area (Å²) in [5.74, 6) is 0. The smallest absolute Gasteiger partial charge is 0.117 e. The minimum Gasteiger partial charge on any atom is -0.396 e. The normalized spacial score (nSPS) is 12.4. The Morgan fingerprint density at radius 2 is 0.778 bits per heavy atom. The van der Waals surface area contributed by atoms with Crippen molar-refractivity contribution in [3.05, 3.63) is 60.2 Å². The van der Waals surface area contributed by atoms with Crippen LogP contribution < -0.4 is 0 Å². The molecule has 0 aromatic heterocycles. The Morgan fingerprint density at radius 3 is 1.20 bits per heavy atom. The van der Waals surface area contributed by atoms with Crippen molar-refractivity contribution in [2.45, 2.75) is 40.0 Å². The van der Waals surface area contributed by atoms with Crippen LogP contribution in [0.25, 0.3) is 32.3 Å². The van der Waals surface area contributed by atoms with Crippen molar-refractivity contribution in [1.29, 1.82) is 0 Å². The molecule has 0 unspecified atom stereocenters. The number of hydrogen-bond donors (Lipinski definition) is 0. The lowest BCUT2D eigenvalue weighted by Gasteiger charge is -2.17. The SMILES string of the molecule is CC(C)(C)CCOCCOCCOCCOCCOCCOCCOCCOCCOCCCCO/N=C/c1cc2ccc3cccc4ccc(c1)c2c34. The van der Waals surface area contributed by atoms with Gasteiger partial charge in [0.25, 0.3) is 0 Å². The number of nitrogens with zero attached hydrogens (tertiary/aromatic N) is 1. The first-order valence-corrected chi connectivity index (χ1v) is 19.5. The van der Waals surface area contributed by atoms with Crippen LogP contribution in [0.15, 0.2) is 59.8 Å². The molecule has 4 aromatic carbocycles. The molecule has 0 aliphatic rings. The lowest BCUT2D eigenvalue weighted by Crippen LogP contribution is -2.15. The van der Waals surface area contributed by atoms with Crippen LogP contribution in [-0.2, 0) is 47.5 Å². The molecule has 4 rings (SSSR count). The number of ether oxygens (including phenoxy) is 9. The summed E-state index contributed by atoms with van der Waals surface area (Å²) >= 11 is 0. The number of benzene rings is 4. The molecular weight excluding hydrogens is 690 g/mol. The second-order valence-electron chi connectivity index (χ2n) is 14.1. The molecule has 11 nitrogen and oxygen atoms in total. The topological polar surface area (TPSA) is 105 Å². The molecule has 0 N–H and O–H groups in total. The number of oxime groups is 1. The average Bonchev–Trinajstić information content (AvgIpc) is 3.16. The Morgan fingerprint density at radius 1 is 0.426 bits per heavy atom. The largest absolute Gasteiger partial charge is 0.396 e. The molecule has 54 heavy (non-hydrogen) atoms. The Balaban J connectivity index is 0.821. The van der Waals surface area contributed by atoms with Crippen molar-refractivity contribution in [1.82, 2.24) is 0 Å². The van der Waals surface area contributed by atoms with Crippen molar-refractivity contribution in [3.8, 4) is 0 Å². The quantitative estimate of drug-likeness (QED) is 0.0213. The van der Waals surface area contributed by atoms with E-state index in [1.165, 1.54) is 32.3 Å². The molecule has 0 aliphatic heterocycles. The molecule has 0 radical (unpaired) electrons. The first-order chi connectivity index (χ1) is 26.5. The van der Waals surface area contributed by atoms with E-state index < -0.39 is 0 Å². The van der Waals surface area contributed by atoms with Crippen LogP contribution in [0.4, 0.5) is 0 Å². The second kappa shape index (κ2) is 26.8. The van der Waals surface area contributed by atoms with Crippen molar-refractivity contribution in [2.75, 3.05) is 126 Å². The minimum absolute atomic E-state index is 0.303. The summed E-state index contributed by atoms with van der Waals surface area (Å²) < 4.78 is 49.9. The van der Waals surface area contributed by atoms with E-state index in [4.69, 9.17) is 47.5 Å². The fourth-order valence-corrected chi connectivity index (χ4v) is 5.61. The zero-order valence-electron chi connectivity index (χ0n) is 32.9. The van der Waals surface area contributed by atoms with Gasteiger partial charge in [-0.3, -0.25) is 0 Å². The van der Waals surface area contributed by atoms with Crippen molar-refractivity contribution >= 4 is 38.5 Å². The maximum absolute atomic E-state index is 5.65. The molecule has 0 bridgehead atoms. The van der Waals surface area contributed by atoms with Gasteiger partial charge in [-0.05, 0) is 74.7 Å². The molecule has 0 fully saturated rings. The fraction of sp³-hybridized carbons (Fsp3) is 0.605. The monoisotopic (exact) mass is 753 g/mol. The highest BCUT2D eigenvalue weighted by Gasteiger charge is 2.10. The molecule has 0 atom stereocenters. The van der Waals surface area contributed by atoms with E-state index in [9.17, 15) is 0 Å². The molecular formula is C43H63NO10. The van der Waals surface area contributed by atoms with Crippen LogP contribution in [0.3, 0.4) is 0 Å². The molecule has 4 aromatic rings. The van der Waals surface area contributed by atoms with E-state index >= 15 is 0 Å². The second-order valence-corrected chi connectivity index (χ2v) is 14.1. The van der Waals surface area contributed by atoms with Crippen LogP contribution in [0.2, 0.25) is 0 Å². The van der Waals surface area contributed by atoms with E-state index in [2.05, 4.69) is 80.5 Å². The number of hydrogen-bond acceptors (Lipinski definition) is 11. The van der Waals surface area contributed by atoms with Crippen molar-refractivity contribution < 1.29 is 47.5 Å². The summed E-state index contributed by atoms with van der Waals surface area (Å²) in [5, 5.41) is 11.8. The molecule has 0 spiro atoms. The fourth-order valence-electron chi connectivity index (χ4n) is 5.61. The Bertz CT molecular complexity index is 1490. The first-order valence-electron chi connectivity index (χ1n) is 19.5. The highest BCUT2D eigenvalue weighted by molar-refractivity contribution is 6.23. The lowest BCUT2D eigenvalue weighted by atomic mass is 9.93. The molecule has 0 heterocycles. The third-order valence-electron chi connectivity index (χ3n) is 8.51. The molecule has 300 valence electrons. The third-order valence-corrected chi connectivity index (χ3v) is 8.51. The third kappa shape index (κ3) is 18.1. The first kappa shape index (κ1) is 43.8. The molecule has 0 amide bonds. The van der Waals surface area contributed by atoms with Crippen LogP contribution in [-0.4, -0.2) is 132 Å². The van der Waals surface area contributed by atoms with Gasteiger partial charge >= 0.3 is 0 Å². The van der Waals surface area contributed by atoms with E-state index in [1.807, 2.05) is 0 Å². The Hall–Kier alpha value is -2.97. The van der Waals surface area contributed by atoms with Gasteiger partial charge in [-0.1, -0.05) is 68.4 Å².